The van der Waals surface area contributed by atoms with E-state index in [9.17, 15) is 0 Å². The molecule has 0 radical (unpaired) electrons. The molecule has 3 rings (SSSR count). The van der Waals surface area contributed by atoms with Gasteiger partial charge in [0.1, 0.15) is 11.5 Å². The highest BCUT2D eigenvalue weighted by atomic mass is 79.9. The van der Waals surface area contributed by atoms with Crippen LogP contribution in [0.5, 0.6) is 11.5 Å². The summed E-state index contributed by atoms with van der Waals surface area (Å²) in [6.07, 6.45) is 3.65. The standard InChI is InChI=1S/C18H20BrNO/c1-2-20-12-13-6-9-18(17(19)10-13)21-16-8-7-14-4-3-5-15(14)11-16/h6-11,20H,2-5,12H2,1H3. The van der Waals surface area contributed by atoms with Crippen LogP contribution in [-0.4, -0.2) is 6.54 Å². The lowest BCUT2D eigenvalue weighted by Crippen LogP contribution is -2.11. The molecule has 2 aromatic carbocycles. The number of nitrogens with one attached hydrogen (secondary N) is 1. The Labute approximate surface area is 134 Å². The molecular formula is C18H20BrNO. The Morgan fingerprint density at radius 1 is 1.10 bits per heavy atom. The van der Waals surface area contributed by atoms with E-state index >= 15 is 0 Å². The first-order chi connectivity index (χ1) is 10.3. The van der Waals surface area contributed by atoms with Crippen LogP contribution < -0.4 is 10.1 Å². The summed E-state index contributed by atoms with van der Waals surface area (Å²) < 4.78 is 7.03. The largest absolute Gasteiger partial charge is 0.456 e. The van der Waals surface area contributed by atoms with Crippen molar-refractivity contribution in [2.45, 2.75) is 32.7 Å². The molecule has 110 valence electrons. The van der Waals surface area contributed by atoms with E-state index in [2.05, 4.69) is 58.5 Å². The number of fused-ring (bicyclic) bond motifs is 1. The molecule has 0 aromatic heterocycles. The van der Waals surface area contributed by atoms with Crippen LogP contribution in [0.3, 0.4) is 0 Å². The minimum atomic E-state index is 0.869. The van der Waals surface area contributed by atoms with Gasteiger partial charge in [-0.15, -0.1) is 0 Å². The normalized spacial score (nSPS) is 13.2. The van der Waals surface area contributed by atoms with Crippen molar-refractivity contribution in [1.29, 1.82) is 0 Å². The van der Waals surface area contributed by atoms with Gasteiger partial charge in [0.05, 0.1) is 4.47 Å². The van der Waals surface area contributed by atoms with Gasteiger partial charge in [-0.3, -0.25) is 0 Å². The topological polar surface area (TPSA) is 21.3 Å². The molecule has 0 saturated heterocycles. The minimum Gasteiger partial charge on any atom is -0.456 e. The highest BCUT2D eigenvalue weighted by Gasteiger charge is 2.12. The Bertz CT molecular complexity index is 639. The Balaban J connectivity index is 1.75. The molecule has 21 heavy (non-hydrogen) atoms. The van der Waals surface area contributed by atoms with Gasteiger partial charge in [0, 0.05) is 6.54 Å². The molecule has 2 nitrogen and oxygen atoms in total. The van der Waals surface area contributed by atoms with Gasteiger partial charge < -0.3 is 10.1 Å². The molecule has 1 aliphatic rings. The fourth-order valence-electron chi connectivity index (χ4n) is 2.75. The van der Waals surface area contributed by atoms with Gasteiger partial charge in [0.25, 0.3) is 0 Å². The summed E-state index contributed by atoms with van der Waals surface area (Å²) in [6, 6.07) is 12.7. The fraction of sp³-hybridized carbons (Fsp3) is 0.333. The molecular weight excluding hydrogens is 326 g/mol. The van der Waals surface area contributed by atoms with E-state index in [1.807, 2.05) is 6.07 Å². The van der Waals surface area contributed by atoms with Gasteiger partial charge in [-0.1, -0.05) is 19.1 Å². The number of hydrogen-bond donors (Lipinski definition) is 1. The summed E-state index contributed by atoms with van der Waals surface area (Å²) in [5, 5.41) is 3.33. The lowest BCUT2D eigenvalue weighted by atomic mass is 10.1. The average Bonchev–Trinajstić information content (AvgIpc) is 2.95. The Morgan fingerprint density at radius 2 is 1.95 bits per heavy atom. The van der Waals surface area contributed by atoms with Crippen LogP contribution in [0.2, 0.25) is 0 Å². The van der Waals surface area contributed by atoms with Crippen molar-refractivity contribution in [2.24, 2.45) is 0 Å². The maximum Gasteiger partial charge on any atom is 0.141 e. The molecule has 2 aromatic rings. The number of halogens is 1. The van der Waals surface area contributed by atoms with E-state index in [1.165, 1.54) is 36.0 Å². The monoisotopic (exact) mass is 345 g/mol. The smallest absolute Gasteiger partial charge is 0.141 e. The zero-order valence-corrected chi connectivity index (χ0v) is 13.9. The van der Waals surface area contributed by atoms with E-state index in [0.717, 1.165) is 29.1 Å². The lowest BCUT2D eigenvalue weighted by molar-refractivity contribution is 0.478. The second-order valence-electron chi connectivity index (χ2n) is 5.43. The van der Waals surface area contributed by atoms with Crippen LogP contribution in [0.4, 0.5) is 0 Å². The number of benzene rings is 2. The average molecular weight is 346 g/mol. The van der Waals surface area contributed by atoms with Crippen molar-refractivity contribution in [3.8, 4) is 11.5 Å². The summed E-state index contributed by atoms with van der Waals surface area (Å²) in [4.78, 5) is 0. The van der Waals surface area contributed by atoms with Crippen LogP contribution in [0.25, 0.3) is 0 Å². The molecule has 0 saturated carbocycles. The lowest BCUT2D eigenvalue weighted by Gasteiger charge is -2.11. The second-order valence-corrected chi connectivity index (χ2v) is 6.29. The highest BCUT2D eigenvalue weighted by molar-refractivity contribution is 9.10. The highest BCUT2D eigenvalue weighted by Crippen LogP contribution is 2.33. The predicted molar refractivity (Wildman–Crippen MR) is 90.1 cm³/mol. The first-order valence-corrected chi connectivity index (χ1v) is 8.34. The van der Waals surface area contributed by atoms with Crippen molar-refractivity contribution in [1.82, 2.24) is 5.32 Å². The van der Waals surface area contributed by atoms with E-state index < -0.39 is 0 Å². The first kappa shape index (κ1) is 14.6. The molecule has 0 spiro atoms. The van der Waals surface area contributed by atoms with Crippen molar-refractivity contribution in [3.63, 3.8) is 0 Å². The van der Waals surface area contributed by atoms with Gasteiger partial charge in [-0.05, 0) is 82.7 Å². The van der Waals surface area contributed by atoms with E-state index in [4.69, 9.17) is 4.74 Å². The number of ether oxygens (including phenoxy) is 1. The Morgan fingerprint density at radius 3 is 2.76 bits per heavy atom. The van der Waals surface area contributed by atoms with Crippen LogP contribution in [0, 0.1) is 0 Å². The number of rotatable bonds is 5. The van der Waals surface area contributed by atoms with Crippen molar-refractivity contribution in [2.75, 3.05) is 6.54 Å². The summed E-state index contributed by atoms with van der Waals surface area (Å²) >= 11 is 3.61. The molecule has 1 N–H and O–H groups in total. The third-order valence-corrected chi connectivity index (χ3v) is 4.49. The molecule has 3 heteroatoms. The van der Waals surface area contributed by atoms with Crippen LogP contribution in [0.1, 0.15) is 30.0 Å². The van der Waals surface area contributed by atoms with E-state index in [1.54, 1.807) is 0 Å². The summed E-state index contributed by atoms with van der Waals surface area (Å²) in [5.74, 6) is 1.80. The minimum absolute atomic E-state index is 0.869. The number of hydrogen-bond acceptors (Lipinski definition) is 2. The molecule has 0 bridgehead atoms. The van der Waals surface area contributed by atoms with Crippen LogP contribution >= 0.6 is 15.9 Å². The summed E-state index contributed by atoms with van der Waals surface area (Å²) in [5.41, 5.74) is 4.17. The maximum atomic E-state index is 6.03. The van der Waals surface area contributed by atoms with Crippen molar-refractivity contribution >= 4 is 15.9 Å². The second kappa shape index (κ2) is 6.63. The summed E-state index contributed by atoms with van der Waals surface area (Å²) in [6.45, 7) is 3.97. The van der Waals surface area contributed by atoms with Crippen molar-refractivity contribution in [3.05, 3.63) is 57.6 Å². The quantitative estimate of drug-likeness (QED) is 0.836. The van der Waals surface area contributed by atoms with Gasteiger partial charge in [-0.2, -0.15) is 0 Å². The Kier molecular flexibility index (Phi) is 4.61. The zero-order valence-electron chi connectivity index (χ0n) is 12.3. The maximum absolute atomic E-state index is 6.03. The first-order valence-electron chi connectivity index (χ1n) is 7.55. The molecule has 0 heterocycles. The predicted octanol–water partition coefficient (Wildman–Crippen LogP) is 4.84. The van der Waals surface area contributed by atoms with Gasteiger partial charge >= 0.3 is 0 Å². The molecule has 0 aliphatic heterocycles. The van der Waals surface area contributed by atoms with E-state index in [0.29, 0.717) is 0 Å². The fourth-order valence-corrected chi connectivity index (χ4v) is 3.25. The molecule has 0 atom stereocenters. The Hall–Kier alpha value is -1.32. The SMILES string of the molecule is CCNCc1ccc(Oc2ccc3c(c2)CCC3)c(Br)c1. The molecule has 0 amide bonds. The van der Waals surface area contributed by atoms with E-state index in [-0.39, 0.29) is 0 Å². The van der Waals surface area contributed by atoms with Gasteiger partial charge in [-0.25, -0.2) is 0 Å². The molecule has 1 aliphatic carbocycles. The third kappa shape index (κ3) is 3.47. The number of aryl methyl sites for hydroxylation is 2. The summed E-state index contributed by atoms with van der Waals surface area (Å²) in [7, 11) is 0. The third-order valence-electron chi connectivity index (χ3n) is 3.87. The molecule has 0 unspecified atom stereocenters. The zero-order chi connectivity index (χ0) is 14.7. The van der Waals surface area contributed by atoms with Crippen LogP contribution in [-0.2, 0) is 19.4 Å². The van der Waals surface area contributed by atoms with Gasteiger partial charge in [0.15, 0.2) is 0 Å². The molecule has 0 fully saturated rings. The van der Waals surface area contributed by atoms with Crippen molar-refractivity contribution < 1.29 is 4.74 Å². The van der Waals surface area contributed by atoms with Crippen LogP contribution in [0.15, 0.2) is 40.9 Å². The van der Waals surface area contributed by atoms with Gasteiger partial charge in [0.2, 0.25) is 0 Å².